The predicted octanol–water partition coefficient (Wildman–Crippen LogP) is 1.97. The second kappa shape index (κ2) is 6.77. The molecule has 0 spiro atoms. The van der Waals surface area contributed by atoms with Crippen LogP contribution in [0.1, 0.15) is 5.89 Å². The van der Waals surface area contributed by atoms with Crippen LogP contribution in [-0.4, -0.2) is 29.8 Å². The molecule has 124 valence electrons. The molecule has 0 bridgehead atoms. The Labute approximate surface area is 138 Å². The lowest BCUT2D eigenvalue weighted by Crippen LogP contribution is -2.21. The van der Waals surface area contributed by atoms with Crippen LogP contribution < -0.4 is 9.46 Å². The number of sulfonamides is 1. The molecule has 3 rings (SSSR count). The number of benzene rings is 1. The molecule has 0 aliphatic carbocycles. The van der Waals surface area contributed by atoms with Crippen LogP contribution in [0.15, 0.2) is 53.2 Å². The number of hydrogen-bond donors (Lipinski definition) is 1. The molecule has 0 radical (unpaired) electrons. The zero-order valence-electron chi connectivity index (χ0n) is 12.7. The fraction of sp³-hybridized carbons (Fsp3) is 0.133. The third kappa shape index (κ3) is 4.15. The molecule has 0 fully saturated rings. The molecule has 8 nitrogen and oxygen atoms in total. The number of nitrogens with one attached hydrogen (secondary N) is 1. The molecule has 24 heavy (non-hydrogen) atoms. The Kier molecular flexibility index (Phi) is 4.54. The molecule has 1 aromatic carbocycles. The van der Waals surface area contributed by atoms with Crippen molar-refractivity contribution < 1.29 is 17.7 Å². The predicted molar refractivity (Wildman–Crippen MR) is 85.7 cm³/mol. The highest BCUT2D eigenvalue weighted by atomic mass is 32.2. The topological polar surface area (TPSA) is 107 Å². The second-order valence-electron chi connectivity index (χ2n) is 4.88. The second-order valence-corrected chi connectivity index (χ2v) is 6.71. The number of hydrogen-bond acceptors (Lipinski definition) is 7. The first-order valence-electron chi connectivity index (χ1n) is 6.97. The molecule has 0 atom stereocenters. The molecule has 0 aliphatic heterocycles. The maximum Gasteiger partial charge on any atom is 0.242 e. The standard InChI is InChI=1S/C15H14N4O4S/c1-24(20,21)17-10-13-18-14(19-23-13)12-8-5-9-16-15(12)22-11-6-3-2-4-7-11/h2-9,17H,10H2,1H3. The fourth-order valence-corrected chi connectivity index (χ4v) is 2.26. The molecule has 2 aromatic heterocycles. The number of rotatable bonds is 6. The SMILES string of the molecule is CS(=O)(=O)NCc1nc(-c2cccnc2Oc2ccccc2)no1. The summed E-state index contributed by atoms with van der Waals surface area (Å²) >= 11 is 0. The highest BCUT2D eigenvalue weighted by Gasteiger charge is 2.15. The van der Waals surface area contributed by atoms with E-state index >= 15 is 0 Å². The molecule has 0 saturated carbocycles. The Morgan fingerprint density at radius 3 is 2.71 bits per heavy atom. The monoisotopic (exact) mass is 346 g/mol. The summed E-state index contributed by atoms with van der Waals surface area (Å²) < 4.78 is 35.3. The molecule has 9 heteroatoms. The van der Waals surface area contributed by atoms with Crippen molar-refractivity contribution in [3.63, 3.8) is 0 Å². The zero-order chi connectivity index (χ0) is 17.0. The minimum Gasteiger partial charge on any atom is -0.438 e. The lowest BCUT2D eigenvalue weighted by atomic mass is 10.2. The molecule has 0 amide bonds. The highest BCUT2D eigenvalue weighted by molar-refractivity contribution is 7.88. The Balaban J connectivity index is 1.84. The van der Waals surface area contributed by atoms with Gasteiger partial charge in [-0.25, -0.2) is 18.1 Å². The molecule has 2 heterocycles. The molecular weight excluding hydrogens is 332 g/mol. The van der Waals surface area contributed by atoms with Gasteiger partial charge in [0.15, 0.2) is 0 Å². The Morgan fingerprint density at radius 1 is 1.17 bits per heavy atom. The minimum atomic E-state index is -3.34. The normalized spacial score (nSPS) is 11.4. The number of para-hydroxylation sites is 1. The van der Waals surface area contributed by atoms with Crippen molar-refractivity contribution >= 4 is 10.0 Å². The molecule has 0 aliphatic rings. The summed E-state index contributed by atoms with van der Waals surface area (Å²) in [7, 11) is -3.34. The summed E-state index contributed by atoms with van der Waals surface area (Å²) in [5, 5.41) is 3.85. The summed E-state index contributed by atoms with van der Waals surface area (Å²) in [4.78, 5) is 8.35. The van der Waals surface area contributed by atoms with E-state index in [9.17, 15) is 8.42 Å². The van der Waals surface area contributed by atoms with Gasteiger partial charge in [0.2, 0.25) is 27.6 Å². The quantitative estimate of drug-likeness (QED) is 0.727. The molecule has 0 saturated heterocycles. The third-order valence-electron chi connectivity index (χ3n) is 2.92. The van der Waals surface area contributed by atoms with E-state index in [2.05, 4.69) is 19.8 Å². The van der Waals surface area contributed by atoms with Gasteiger partial charge < -0.3 is 9.26 Å². The molecule has 1 N–H and O–H groups in total. The molecule has 0 unspecified atom stereocenters. The average Bonchev–Trinajstić information content (AvgIpc) is 3.03. The number of nitrogens with zero attached hydrogens (tertiary/aromatic N) is 3. The first-order chi connectivity index (χ1) is 11.5. The maximum absolute atomic E-state index is 11.1. The number of ether oxygens (including phenoxy) is 1. The lowest BCUT2D eigenvalue weighted by molar-refractivity contribution is 0.375. The summed E-state index contributed by atoms with van der Waals surface area (Å²) in [5.74, 6) is 1.36. The average molecular weight is 346 g/mol. The van der Waals surface area contributed by atoms with Gasteiger partial charge in [0.1, 0.15) is 5.75 Å². The van der Waals surface area contributed by atoms with Crippen LogP contribution in [0.3, 0.4) is 0 Å². The maximum atomic E-state index is 11.1. The summed E-state index contributed by atoms with van der Waals surface area (Å²) in [6.07, 6.45) is 2.64. The van der Waals surface area contributed by atoms with Gasteiger partial charge in [-0.05, 0) is 24.3 Å². The molecular formula is C15H14N4O4S. The third-order valence-corrected chi connectivity index (χ3v) is 3.59. The van der Waals surface area contributed by atoms with Crippen molar-refractivity contribution in [1.82, 2.24) is 19.8 Å². The van der Waals surface area contributed by atoms with E-state index in [0.29, 0.717) is 17.2 Å². The van der Waals surface area contributed by atoms with E-state index in [1.165, 1.54) is 0 Å². The number of pyridine rings is 1. The van der Waals surface area contributed by atoms with Crippen LogP contribution in [0.25, 0.3) is 11.4 Å². The Morgan fingerprint density at radius 2 is 1.96 bits per heavy atom. The van der Waals surface area contributed by atoms with Crippen LogP contribution in [0.4, 0.5) is 0 Å². The summed E-state index contributed by atoms with van der Waals surface area (Å²) in [6.45, 7) is -0.0824. The minimum absolute atomic E-state index is 0.0824. The van der Waals surface area contributed by atoms with E-state index in [1.54, 1.807) is 30.5 Å². The van der Waals surface area contributed by atoms with E-state index < -0.39 is 10.0 Å². The van der Waals surface area contributed by atoms with Gasteiger partial charge >= 0.3 is 0 Å². The lowest BCUT2D eigenvalue weighted by Gasteiger charge is -2.06. The van der Waals surface area contributed by atoms with Gasteiger partial charge in [-0.15, -0.1) is 0 Å². The van der Waals surface area contributed by atoms with Crippen LogP contribution >= 0.6 is 0 Å². The van der Waals surface area contributed by atoms with Crippen molar-refractivity contribution in [2.45, 2.75) is 6.54 Å². The van der Waals surface area contributed by atoms with Crippen LogP contribution in [0, 0.1) is 0 Å². The zero-order valence-corrected chi connectivity index (χ0v) is 13.5. The Hall–Kier alpha value is -2.78. The van der Waals surface area contributed by atoms with Crippen LogP contribution in [0.5, 0.6) is 11.6 Å². The van der Waals surface area contributed by atoms with Crippen molar-refractivity contribution in [2.24, 2.45) is 0 Å². The highest BCUT2D eigenvalue weighted by Crippen LogP contribution is 2.29. The van der Waals surface area contributed by atoms with Crippen molar-refractivity contribution in [3.8, 4) is 23.0 Å². The van der Waals surface area contributed by atoms with Crippen molar-refractivity contribution in [3.05, 3.63) is 54.6 Å². The van der Waals surface area contributed by atoms with Gasteiger partial charge in [-0.1, -0.05) is 23.4 Å². The van der Waals surface area contributed by atoms with Crippen molar-refractivity contribution in [2.75, 3.05) is 6.26 Å². The van der Waals surface area contributed by atoms with E-state index in [-0.39, 0.29) is 18.3 Å². The van der Waals surface area contributed by atoms with E-state index in [1.807, 2.05) is 18.2 Å². The van der Waals surface area contributed by atoms with Crippen LogP contribution in [-0.2, 0) is 16.6 Å². The van der Waals surface area contributed by atoms with Crippen molar-refractivity contribution in [1.29, 1.82) is 0 Å². The van der Waals surface area contributed by atoms with Crippen LogP contribution in [0.2, 0.25) is 0 Å². The number of aromatic nitrogens is 3. The van der Waals surface area contributed by atoms with E-state index in [0.717, 1.165) is 6.26 Å². The summed E-state index contributed by atoms with van der Waals surface area (Å²) in [6, 6.07) is 12.6. The Bertz CT molecular complexity index is 925. The van der Waals surface area contributed by atoms with E-state index in [4.69, 9.17) is 9.26 Å². The van der Waals surface area contributed by atoms with Gasteiger partial charge in [-0.3, -0.25) is 0 Å². The fourth-order valence-electron chi connectivity index (χ4n) is 1.87. The largest absolute Gasteiger partial charge is 0.438 e. The first kappa shape index (κ1) is 16.1. The smallest absolute Gasteiger partial charge is 0.242 e. The van der Waals surface area contributed by atoms with Gasteiger partial charge in [-0.2, -0.15) is 4.98 Å². The van der Waals surface area contributed by atoms with Gasteiger partial charge in [0, 0.05) is 6.20 Å². The molecule has 3 aromatic rings. The summed E-state index contributed by atoms with van der Waals surface area (Å²) in [5.41, 5.74) is 0.538. The van der Waals surface area contributed by atoms with Gasteiger partial charge in [0.05, 0.1) is 18.4 Å². The van der Waals surface area contributed by atoms with Gasteiger partial charge in [0.25, 0.3) is 0 Å². The first-order valence-corrected chi connectivity index (χ1v) is 8.86.